The van der Waals surface area contributed by atoms with Crippen LogP contribution < -0.4 is 11.5 Å². The molecular formula is C14H29N3O2. The third kappa shape index (κ3) is 8.59. The van der Waals surface area contributed by atoms with E-state index in [1.165, 1.54) is 0 Å². The van der Waals surface area contributed by atoms with Crippen molar-refractivity contribution in [1.82, 2.24) is 4.90 Å². The summed E-state index contributed by atoms with van der Waals surface area (Å²) in [7, 11) is 0. The van der Waals surface area contributed by atoms with Crippen LogP contribution in [0.1, 0.15) is 46.5 Å². The van der Waals surface area contributed by atoms with Crippen LogP contribution in [0.3, 0.4) is 0 Å². The van der Waals surface area contributed by atoms with E-state index in [0.717, 1.165) is 19.3 Å². The van der Waals surface area contributed by atoms with Crippen LogP contribution in [0.4, 0.5) is 0 Å². The van der Waals surface area contributed by atoms with Gasteiger partial charge in [0.15, 0.2) is 0 Å². The van der Waals surface area contributed by atoms with Crippen molar-refractivity contribution < 1.29 is 9.59 Å². The van der Waals surface area contributed by atoms with E-state index in [1.807, 2.05) is 13.8 Å². The molecule has 0 rings (SSSR count). The number of hydrogen-bond acceptors (Lipinski definition) is 3. The summed E-state index contributed by atoms with van der Waals surface area (Å²) in [6, 6.07) is 0. The van der Waals surface area contributed by atoms with Gasteiger partial charge in [-0.1, -0.05) is 27.2 Å². The molecule has 0 aliphatic carbocycles. The second kappa shape index (κ2) is 9.78. The lowest BCUT2D eigenvalue weighted by atomic mass is 9.96. The maximum Gasteiger partial charge on any atom is 0.237 e. The van der Waals surface area contributed by atoms with Crippen LogP contribution in [0, 0.1) is 11.8 Å². The fraction of sp³-hybridized carbons (Fsp3) is 0.857. The molecule has 0 saturated carbocycles. The zero-order valence-corrected chi connectivity index (χ0v) is 12.5. The molecule has 0 aliphatic rings. The van der Waals surface area contributed by atoms with Crippen molar-refractivity contribution in [3.05, 3.63) is 0 Å². The molecule has 0 aromatic heterocycles. The van der Waals surface area contributed by atoms with E-state index >= 15 is 0 Å². The first-order valence-electron chi connectivity index (χ1n) is 7.16. The van der Waals surface area contributed by atoms with Crippen LogP contribution in [0.15, 0.2) is 0 Å². The molecule has 5 heteroatoms. The highest BCUT2D eigenvalue weighted by Gasteiger charge is 2.18. The van der Waals surface area contributed by atoms with Gasteiger partial charge >= 0.3 is 0 Å². The third-order valence-corrected chi connectivity index (χ3v) is 3.20. The Morgan fingerprint density at radius 1 is 1.21 bits per heavy atom. The van der Waals surface area contributed by atoms with Gasteiger partial charge in [0.1, 0.15) is 0 Å². The Bertz CT molecular complexity index is 280. The van der Waals surface area contributed by atoms with Gasteiger partial charge in [0.05, 0.1) is 6.54 Å². The normalized spacial score (nSPS) is 12.5. The highest BCUT2D eigenvalue weighted by Crippen LogP contribution is 2.15. The second-order valence-electron chi connectivity index (χ2n) is 5.52. The van der Waals surface area contributed by atoms with E-state index in [9.17, 15) is 9.59 Å². The Kier molecular flexibility index (Phi) is 9.21. The molecule has 0 aliphatic heterocycles. The van der Waals surface area contributed by atoms with E-state index in [2.05, 4.69) is 6.92 Å². The molecule has 0 radical (unpaired) electrons. The van der Waals surface area contributed by atoms with Crippen molar-refractivity contribution in [2.45, 2.75) is 46.5 Å². The summed E-state index contributed by atoms with van der Waals surface area (Å²) in [5.41, 5.74) is 10.7. The van der Waals surface area contributed by atoms with Crippen molar-refractivity contribution in [2.24, 2.45) is 23.3 Å². The van der Waals surface area contributed by atoms with Gasteiger partial charge in [0.25, 0.3) is 0 Å². The fourth-order valence-electron chi connectivity index (χ4n) is 2.16. The zero-order chi connectivity index (χ0) is 14.8. The van der Waals surface area contributed by atoms with E-state index in [-0.39, 0.29) is 12.5 Å². The van der Waals surface area contributed by atoms with Crippen LogP contribution in [-0.4, -0.2) is 36.3 Å². The fourth-order valence-corrected chi connectivity index (χ4v) is 2.16. The molecule has 0 bridgehead atoms. The molecule has 1 unspecified atom stereocenters. The molecule has 5 nitrogen and oxygen atoms in total. The Morgan fingerprint density at radius 2 is 1.84 bits per heavy atom. The largest absolute Gasteiger partial charge is 0.368 e. The van der Waals surface area contributed by atoms with Gasteiger partial charge < -0.3 is 16.4 Å². The molecular weight excluding hydrogens is 242 g/mol. The number of primary amides is 1. The molecule has 0 aromatic rings. The van der Waals surface area contributed by atoms with Crippen LogP contribution >= 0.6 is 0 Å². The summed E-state index contributed by atoms with van der Waals surface area (Å²) in [6.45, 7) is 7.40. The minimum absolute atomic E-state index is 0.0166. The Labute approximate surface area is 116 Å². The van der Waals surface area contributed by atoms with E-state index in [0.29, 0.717) is 31.3 Å². The second-order valence-corrected chi connectivity index (χ2v) is 5.52. The van der Waals surface area contributed by atoms with Gasteiger partial charge in [0.2, 0.25) is 11.8 Å². The Hall–Kier alpha value is -1.10. The van der Waals surface area contributed by atoms with Gasteiger partial charge in [0, 0.05) is 13.0 Å². The Balaban J connectivity index is 4.33. The average molecular weight is 271 g/mol. The number of hydrogen-bond donors (Lipinski definition) is 2. The summed E-state index contributed by atoms with van der Waals surface area (Å²) in [5.74, 6) is 0.378. The van der Waals surface area contributed by atoms with Crippen molar-refractivity contribution in [2.75, 3.05) is 19.6 Å². The minimum atomic E-state index is -0.456. The van der Waals surface area contributed by atoms with E-state index in [1.54, 1.807) is 4.90 Å². The number of nitrogens with two attached hydrogens (primary N) is 2. The lowest BCUT2D eigenvalue weighted by Gasteiger charge is -2.24. The highest BCUT2D eigenvalue weighted by atomic mass is 16.2. The van der Waals surface area contributed by atoms with Crippen molar-refractivity contribution in [1.29, 1.82) is 0 Å². The lowest BCUT2D eigenvalue weighted by molar-refractivity contribution is -0.136. The van der Waals surface area contributed by atoms with E-state index < -0.39 is 5.91 Å². The zero-order valence-electron chi connectivity index (χ0n) is 12.5. The number of carbonyl (C=O) groups is 2. The summed E-state index contributed by atoms with van der Waals surface area (Å²) in [4.78, 5) is 24.7. The molecule has 0 aromatic carbocycles. The van der Waals surface area contributed by atoms with Crippen molar-refractivity contribution in [3.63, 3.8) is 0 Å². The van der Waals surface area contributed by atoms with Crippen LogP contribution in [0.25, 0.3) is 0 Å². The number of nitrogens with zero attached hydrogens (tertiary/aromatic N) is 1. The standard InChI is InChI=1S/C14H29N3O2/c1-4-12(7-8-15)5-6-14(19)17(9-11(2)3)10-13(16)18/h11-12H,4-10,15H2,1-3H3,(H2,16,18). The molecule has 4 N–H and O–H groups in total. The monoisotopic (exact) mass is 271 g/mol. The van der Waals surface area contributed by atoms with Gasteiger partial charge in [-0.3, -0.25) is 9.59 Å². The quantitative estimate of drug-likeness (QED) is 0.623. The molecule has 0 spiro atoms. The maximum absolute atomic E-state index is 12.1. The lowest BCUT2D eigenvalue weighted by Crippen LogP contribution is -2.40. The summed E-state index contributed by atoms with van der Waals surface area (Å²) < 4.78 is 0. The average Bonchev–Trinajstić information content (AvgIpc) is 2.32. The predicted molar refractivity (Wildman–Crippen MR) is 77.3 cm³/mol. The molecule has 0 saturated heterocycles. The molecule has 2 amide bonds. The van der Waals surface area contributed by atoms with Gasteiger partial charge in [-0.05, 0) is 31.2 Å². The first kappa shape index (κ1) is 17.9. The molecule has 1 atom stereocenters. The smallest absolute Gasteiger partial charge is 0.237 e. The van der Waals surface area contributed by atoms with Crippen LogP contribution in [-0.2, 0) is 9.59 Å². The molecule has 0 heterocycles. The molecule has 112 valence electrons. The minimum Gasteiger partial charge on any atom is -0.368 e. The number of carbonyl (C=O) groups excluding carboxylic acids is 2. The number of amides is 2. The summed E-state index contributed by atoms with van der Waals surface area (Å²) in [5, 5.41) is 0. The van der Waals surface area contributed by atoms with Crippen molar-refractivity contribution >= 4 is 11.8 Å². The van der Waals surface area contributed by atoms with Gasteiger partial charge in [-0.25, -0.2) is 0 Å². The maximum atomic E-state index is 12.1. The summed E-state index contributed by atoms with van der Waals surface area (Å²) in [6.07, 6.45) is 3.28. The SMILES string of the molecule is CCC(CCN)CCC(=O)N(CC(N)=O)CC(C)C. The summed E-state index contributed by atoms with van der Waals surface area (Å²) >= 11 is 0. The molecule has 19 heavy (non-hydrogen) atoms. The topological polar surface area (TPSA) is 89.4 Å². The van der Waals surface area contributed by atoms with Crippen LogP contribution in [0.2, 0.25) is 0 Å². The molecule has 0 fully saturated rings. The first-order chi connectivity index (χ1) is 8.90. The van der Waals surface area contributed by atoms with E-state index in [4.69, 9.17) is 11.5 Å². The van der Waals surface area contributed by atoms with Gasteiger partial charge in [-0.15, -0.1) is 0 Å². The predicted octanol–water partition coefficient (Wildman–Crippen LogP) is 1.11. The van der Waals surface area contributed by atoms with Crippen LogP contribution in [0.5, 0.6) is 0 Å². The Morgan fingerprint density at radius 3 is 2.26 bits per heavy atom. The first-order valence-corrected chi connectivity index (χ1v) is 7.16. The third-order valence-electron chi connectivity index (χ3n) is 3.20. The highest BCUT2D eigenvalue weighted by molar-refractivity contribution is 5.83. The van der Waals surface area contributed by atoms with Gasteiger partial charge in [-0.2, -0.15) is 0 Å². The number of rotatable bonds is 10. The van der Waals surface area contributed by atoms with Crippen molar-refractivity contribution in [3.8, 4) is 0 Å².